The van der Waals surface area contributed by atoms with E-state index in [1.165, 1.54) is 18.2 Å². The second kappa shape index (κ2) is 4.75. The van der Waals surface area contributed by atoms with E-state index < -0.39 is 15.9 Å². The highest BCUT2D eigenvalue weighted by molar-refractivity contribution is 7.90. The van der Waals surface area contributed by atoms with Gasteiger partial charge in [-0.25, -0.2) is 12.7 Å². The molecule has 0 saturated carbocycles. The number of anilines is 1. The number of carbonyl (C=O) groups is 1. The van der Waals surface area contributed by atoms with Crippen LogP contribution in [0.5, 0.6) is 0 Å². The molecule has 108 valence electrons. The van der Waals surface area contributed by atoms with Crippen LogP contribution in [0.3, 0.4) is 0 Å². The molecule has 1 fully saturated rings. The molecular weight excluding hydrogens is 278 g/mol. The summed E-state index contributed by atoms with van der Waals surface area (Å²) in [6.45, 7) is 2.74. The number of hydrogen-bond acceptors (Lipinski definition) is 5. The molecule has 0 aromatic heterocycles. The molecule has 1 saturated heterocycles. The number of rotatable bonds is 3. The lowest BCUT2D eigenvalue weighted by molar-refractivity contribution is 0.0863. The Hall–Kier alpha value is -1.60. The molecule has 6 nitrogen and oxygen atoms in total. The van der Waals surface area contributed by atoms with Crippen molar-refractivity contribution >= 4 is 21.6 Å². The van der Waals surface area contributed by atoms with E-state index in [0.29, 0.717) is 12.2 Å². The quantitative estimate of drug-likeness (QED) is 0.821. The van der Waals surface area contributed by atoms with E-state index in [4.69, 9.17) is 5.73 Å². The molecule has 1 aromatic rings. The molecule has 3 rings (SSSR count). The van der Waals surface area contributed by atoms with Gasteiger partial charge in [0.15, 0.2) is 0 Å². The van der Waals surface area contributed by atoms with Gasteiger partial charge in [0, 0.05) is 12.2 Å². The third-order valence-corrected chi connectivity index (χ3v) is 5.69. The minimum Gasteiger partial charge on any atom is -0.399 e. The van der Waals surface area contributed by atoms with Crippen LogP contribution < -0.4 is 5.73 Å². The lowest BCUT2D eigenvalue weighted by atomic mass is 10.2. The summed E-state index contributed by atoms with van der Waals surface area (Å²) in [5, 5.41) is 0. The summed E-state index contributed by atoms with van der Waals surface area (Å²) < 4.78 is 25.7. The Morgan fingerprint density at radius 2 is 1.85 bits per heavy atom. The number of nitrogens with two attached hydrogens (primary N) is 1. The van der Waals surface area contributed by atoms with Crippen LogP contribution in [0.25, 0.3) is 0 Å². The average molecular weight is 295 g/mol. The van der Waals surface area contributed by atoms with Crippen LogP contribution in [-0.2, 0) is 10.0 Å². The van der Waals surface area contributed by atoms with Gasteiger partial charge in [0.1, 0.15) is 4.90 Å². The SMILES string of the molecule is Nc1ccc2c(c1)C(=O)N(CCN1CCCC1)S2(=O)=O. The molecular formula is C13H17N3O3S. The summed E-state index contributed by atoms with van der Waals surface area (Å²) in [6.07, 6.45) is 2.27. The van der Waals surface area contributed by atoms with Crippen molar-refractivity contribution in [3.05, 3.63) is 23.8 Å². The fraction of sp³-hybridized carbons (Fsp3) is 0.462. The Balaban J connectivity index is 1.84. The fourth-order valence-electron chi connectivity index (χ4n) is 2.76. The number of carbonyl (C=O) groups excluding carboxylic acids is 1. The summed E-state index contributed by atoms with van der Waals surface area (Å²) >= 11 is 0. The van der Waals surface area contributed by atoms with Crippen molar-refractivity contribution in [2.75, 3.05) is 31.9 Å². The topological polar surface area (TPSA) is 83.7 Å². The maximum Gasteiger partial charge on any atom is 0.269 e. The van der Waals surface area contributed by atoms with E-state index in [9.17, 15) is 13.2 Å². The highest BCUT2D eigenvalue weighted by Crippen LogP contribution is 2.31. The van der Waals surface area contributed by atoms with E-state index in [1.807, 2.05) is 0 Å². The first-order chi connectivity index (χ1) is 9.50. The predicted molar refractivity (Wildman–Crippen MR) is 74.8 cm³/mol. The molecule has 0 atom stereocenters. The molecule has 0 bridgehead atoms. The Morgan fingerprint density at radius 1 is 1.15 bits per heavy atom. The summed E-state index contributed by atoms with van der Waals surface area (Å²) in [5.41, 5.74) is 6.21. The molecule has 0 unspecified atom stereocenters. The number of likely N-dealkylation sites (tertiary alicyclic amines) is 1. The van der Waals surface area contributed by atoms with Crippen molar-refractivity contribution in [3.8, 4) is 0 Å². The smallest absolute Gasteiger partial charge is 0.269 e. The molecule has 0 radical (unpaired) electrons. The van der Waals surface area contributed by atoms with Gasteiger partial charge in [0.05, 0.1) is 12.1 Å². The van der Waals surface area contributed by atoms with Gasteiger partial charge in [-0.15, -0.1) is 0 Å². The normalized spacial score (nSPS) is 21.4. The second-order valence-electron chi connectivity index (χ2n) is 5.19. The number of nitrogens with zero attached hydrogens (tertiary/aromatic N) is 2. The zero-order valence-electron chi connectivity index (χ0n) is 11.1. The Morgan fingerprint density at radius 3 is 2.55 bits per heavy atom. The van der Waals surface area contributed by atoms with Gasteiger partial charge in [-0.2, -0.15) is 0 Å². The average Bonchev–Trinajstić information content (AvgIpc) is 2.96. The predicted octanol–water partition coefficient (Wildman–Crippen LogP) is 0.509. The molecule has 20 heavy (non-hydrogen) atoms. The van der Waals surface area contributed by atoms with E-state index in [-0.39, 0.29) is 17.0 Å². The molecule has 2 heterocycles. The van der Waals surface area contributed by atoms with E-state index in [0.717, 1.165) is 30.2 Å². The van der Waals surface area contributed by atoms with Gasteiger partial charge in [0.2, 0.25) is 0 Å². The van der Waals surface area contributed by atoms with Crippen molar-refractivity contribution in [1.82, 2.24) is 9.21 Å². The molecule has 1 amide bonds. The minimum absolute atomic E-state index is 0.0677. The van der Waals surface area contributed by atoms with Crippen LogP contribution in [0.15, 0.2) is 23.1 Å². The van der Waals surface area contributed by atoms with Crippen molar-refractivity contribution in [3.63, 3.8) is 0 Å². The van der Waals surface area contributed by atoms with E-state index >= 15 is 0 Å². The largest absolute Gasteiger partial charge is 0.399 e. The van der Waals surface area contributed by atoms with Crippen LogP contribution in [0, 0.1) is 0 Å². The molecule has 1 aromatic carbocycles. The maximum absolute atomic E-state index is 12.4. The number of fused-ring (bicyclic) bond motifs is 1. The Kier molecular flexibility index (Phi) is 3.18. The van der Waals surface area contributed by atoms with Crippen LogP contribution in [-0.4, -0.2) is 49.7 Å². The highest BCUT2D eigenvalue weighted by Gasteiger charge is 2.41. The van der Waals surface area contributed by atoms with Gasteiger partial charge >= 0.3 is 0 Å². The summed E-state index contributed by atoms with van der Waals surface area (Å²) in [6, 6.07) is 4.35. The number of nitrogen functional groups attached to an aromatic ring is 1. The standard InChI is InChI=1S/C13H17N3O3S/c14-10-3-4-12-11(9-10)13(17)16(20(12,18)19)8-7-15-5-1-2-6-15/h3-4,9H,1-2,5-8,14H2. The van der Waals surface area contributed by atoms with Crippen molar-refractivity contribution in [1.29, 1.82) is 0 Å². The molecule has 0 spiro atoms. The monoisotopic (exact) mass is 295 g/mol. The van der Waals surface area contributed by atoms with Crippen LogP contribution in [0.4, 0.5) is 5.69 Å². The molecule has 7 heteroatoms. The molecule has 2 N–H and O–H groups in total. The lowest BCUT2D eigenvalue weighted by Crippen LogP contribution is -2.37. The Labute approximate surface area is 118 Å². The summed E-state index contributed by atoms with van der Waals surface area (Å²) in [7, 11) is -3.70. The Bertz CT molecular complexity index is 651. The first-order valence-corrected chi connectivity index (χ1v) is 8.13. The van der Waals surface area contributed by atoms with Crippen molar-refractivity contribution < 1.29 is 13.2 Å². The van der Waals surface area contributed by atoms with E-state index in [1.54, 1.807) is 0 Å². The fourth-order valence-corrected chi connectivity index (χ4v) is 4.30. The van der Waals surface area contributed by atoms with Gasteiger partial charge in [0.25, 0.3) is 15.9 Å². The van der Waals surface area contributed by atoms with Crippen molar-refractivity contribution in [2.24, 2.45) is 0 Å². The van der Waals surface area contributed by atoms with Crippen LogP contribution in [0.2, 0.25) is 0 Å². The van der Waals surface area contributed by atoms with Crippen LogP contribution >= 0.6 is 0 Å². The first-order valence-electron chi connectivity index (χ1n) is 6.69. The van der Waals surface area contributed by atoms with E-state index in [2.05, 4.69) is 4.90 Å². The minimum atomic E-state index is -3.70. The lowest BCUT2D eigenvalue weighted by Gasteiger charge is -2.20. The summed E-state index contributed by atoms with van der Waals surface area (Å²) in [5.74, 6) is -0.466. The van der Waals surface area contributed by atoms with Gasteiger partial charge < -0.3 is 10.6 Å². The maximum atomic E-state index is 12.4. The van der Waals surface area contributed by atoms with Gasteiger partial charge in [-0.05, 0) is 44.1 Å². The second-order valence-corrected chi connectivity index (χ2v) is 7.02. The highest BCUT2D eigenvalue weighted by atomic mass is 32.2. The number of hydrogen-bond donors (Lipinski definition) is 1. The third kappa shape index (κ3) is 2.06. The number of sulfonamides is 1. The zero-order chi connectivity index (χ0) is 14.3. The number of benzene rings is 1. The third-order valence-electron chi connectivity index (χ3n) is 3.85. The van der Waals surface area contributed by atoms with Crippen LogP contribution in [0.1, 0.15) is 23.2 Å². The molecule has 2 aliphatic rings. The van der Waals surface area contributed by atoms with Crippen molar-refractivity contribution in [2.45, 2.75) is 17.7 Å². The number of amides is 1. The molecule has 2 aliphatic heterocycles. The first kappa shape index (κ1) is 13.4. The van der Waals surface area contributed by atoms with Gasteiger partial charge in [-0.3, -0.25) is 4.79 Å². The van der Waals surface area contributed by atoms with Gasteiger partial charge in [-0.1, -0.05) is 0 Å². The molecule has 0 aliphatic carbocycles. The summed E-state index contributed by atoms with van der Waals surface area (Å²) in [4.78, 5) is 14.5. The zero-order valence-corrected chi connectivity index (χ0v) is 11.9.